The number of benzene rings is 2. The minimum atomic E-state index is 0.300. The molecule has 1 aliphatic rings. The van der Waals surface area contributed by atoms with Crippen molar-refractivity contribution in [3.8, 4) is 0 Å². The van der Waals surface area contributed by atoms with Gasteiger partial charge < -0.3 is 10.1 Å². The number of rotatable bonds is 6. The first-order chi connectivity index (χ1) is 12.8. The zero-order valence-corrected chi connectivity index (χ0v) is 15.9. The van der Waals surface area contributed by atoms with E-state index in [2.05, 4.69) is 79.8 Å². The summed E-state index contributed by atoms with van der Waals surface area (Å²) >= 11 is 0. The summed E-state index contributed by atoms with van der Waals surface area (Å²) in [5.74, 6) is 0.300. The summed E-state index contributed by atoms with van der Waals surface area (Å²) < 4.78 is 0. The van der Waals surface area contributed by atoms with Crippen LogP contribution in [0.3, 0.4) is 0 Å². The van der Waals surface area contributed by atoms with Gasteiger partial charge in [0.15, 0.2) is 0 Å². The fourth-order valence-corrected chi connectivity index (χ4v) is 4.53. The van der Waals surface area contributed by atoms with Crippen LogP contribution in [0.2, 0.25) is 0 Å². The highest BCUT2D eigenvalue weighted by molar-refractivity contribution is 5.88. The molecule has 0 saturated carbocycles. The van der Waals surface area contributed by atoms with Crippen molar-refractivity contribution in [3.63, 3.8) is 0 Å². The Kier molecular flexibility index (Phi) is 6.45. The fraction of sp³-hybridized carbons (Fsp3) is 0.435. The van der Waals surface area contributed by atoms with Crippen molar-refractivity contribution in [1.29, 1.82) is 0 Å². The molecule has 1 heterocycles. The standard InChI is InChI=1S/C23H30N2O/c1-3-4-7-16-20-21(24-26)17-22(18-12-8-5-9-13-18)25(2)23(20)19-14-10-6-11-15-19/h5-6,8-15,20,22-23,26H,3-4,7,16-17H2,1-2H3/p+1/t20-,22-,23+/m0/s1. The summed E-state index contributed by atoms with van der Waals surface area (Å²) in [7, 11) is 2.30. The van der Waals surface area contributed by atoms with Gasteiger partial charge in [-0.05, 0) is 6.42 Å². The number of hydrogen-bond acceptors (Lipinski definition) is 2. The number of quaternary nitrogens is 1. The molecule has 0 aliphatic carbocycles. The Bertz CT molecular complexity index is 699. The molecule has 3 rings (SSSR count). The van der Waals surface area contributed by atoms with Gasteiger partial charge in [-0.25, -0.2) is 0 Å². The third-order valence-corrected chi connectivity index (χ3v) is 5.89. The third kappa shape index (κ3) is 3.99. The molecule has 0 amide bonds. The van der Waals surface area contributed by atoms with E-state index >= 15 is 0 Å². The number of oxime groups is 1. The lowest BCUT2D eigenvalue weighted by Gasteiger charge is -2.42. The number of nitrogens with zero attached hydrogens (tertiary/aromatic N) is 1. The molecule has 0 bridgehead atoms. The Balaban J connectivity index is 1.97. The summed E-state index contributed by atoms with van der Waals surface area (Å²) in [5, 5.41) is 13.6. The molecule has 1 aliphatic heterocycles. The van der Waals surface area contributed by atoms with E-state index in [1.54, 1.807) is 0 Å². The van der Waals surface area contributed by atoms with E-state index in [1.165, 1.54) is 35.3 Å². The molecule has 26 heavy (non-hydrogen) atoms. The van der Waals surface area contributed by atoms with Crippen LogP contribution in [0.15, 0.2) is 65.8 Å². The second kappa shape index (κ2) is 9.00. The first kappa shape index (κ1) is 18.7. The van der Waals surface area contributed by atoms with Crippen molar-refractivity contribution in [2.24, 2.45) is 11.1 Å². The first-order valence-electron chi connectivity index (χ1n) is 9.90. The van der Waals surface area contributed by atoms with Crippen LogP contribution >= 0.6 is 0 Å². The lowest BCUT2D eigenvalue weighted by atomic mass is 9.76. The van der Waals surface area contributed by atoms with Crippen molar-refractivity contribution in [1.82, 2.24) is 0 Å². The fourth-order valence-electron chi connectivity index (χ4n) is 4.53. The van der Waals surface area contributed by atoms with Gasteiger partial charge in [0.2, 0.25) is 0 Å². The average Bonchev–Trinajstić information content (AvgIpc) is 2.70. The molecule has 0 spiro atoms. The molecular formula is C23H31N2O+. The molecule has 1 fully saturated rings. The molecule has 2 aromatic rings. The van der Waals surface area contributed by atoms with Crippen LogP contribution in [0, 0.1) is 5.92 Å². The summed E-state index contributed by atoms with van der Waals surface area (Å²) in [5.41, 5.74) is 3.63. The maximum Gasteiger partial charge on any atom is 0.122 e. The van der Waals surface area contributed by atoms with E-state index in [0.29, 0.717) is 18.0 Å². The van der Waals surface area contributed by atoms with Crippen LogP contribution in [0.4, 0.5) is 0 Å². The van der Waals surface area contributed by atoms with Crippen LogP contribution in [0.1, 0.15) is 62.2 Å². The summed E-state index contributed by atoms with van der Waals surface area (Å²) in [6.45, 7) is 2.24. The largest absolute Gasteiger partial charge is 0.411 e. The summed E-state index contributed by atoms with van der Waals surface area (Å²) in [4.78, 5) is 1.50. The van der Waals surface area contributed by atoms with Crippen LogP contribution in [-0.2, 0) is 0 Å². The summed E-state index contributed by atoms with van der Waals surface area (Å²) in [6.07, 6.45) is 5.55. The second-order valence-electron chi connectivity index (χ2n) is 7.49. The predicted molar refractivity (Wildman–Crippen MR) is 107 cm³/mol. The zero-order chi connectivity index (χ0) is 18.4. The molecular weight excluding hydrogens is 320 g/mol. The highest BCUT2D eigenvalue weighted by Gasteiger charge is 2.44. The number of hydrogen-bond donors (Lipinski definition) is 2. The Morgan fingerprint density at radius 3 is 2.15 bits per heavy atom. The van der Waals surface area contributed by atoms with Crippen LogP contribution in [0.25, 0.3) is 0 Å². The minimum Gasteiger partial charge on any atom is -0.411 e. The molecule has 1 saturated heterocycles. The van der Waals surface area contributed by atoms with Gasteiger partial charge in [-0.3, -0.25) is 0 Å². The first-order valence-corrected chi connectivity index (χ1v) is 9.90. The number of nitrogens with one attached hydrogen (secondary N) is 1. The Hall–Kier alpha value is -2.13. The normalized spacial score (nSPS) is 27.5. The predicted octanol–water partition coefficient (Wildman–Crippen LogP) is 4.41. The summed E-state index contributed by atoms with van der Waals surface area (Å²) in [6, 6.07) is 22.0. The zero-order valence-electron chi connectivity index (χ0n) is 15.9. The number of piperidine rings is 1. The molecule has 138 valence electrons. The Morgan fingerprint density at radius 1 is 0.962 bits per heavy atom. The van der Waals surface area contributed by atoms with Gasteiger partial charge in [-0.1, -0.05) is 92.0 Å². The number of unbranched alkanes of at least 4 members (excludes halogenated alkanes) is 2. The van der Waals surface area contributed by atoms with Gasteiger partial charge in [0.05, 0.1) is 18.7 Å². The molecule has 2 N–H and O–H groups in total. The SMILES string of the molecule is CCCCC[C@H]1C(=NO)C[C@@H](c2ccccc2)[NH+](C)[C@@H]1c1ccccc1. The van der Waals surface area contributed by atoms with E-state index in [-0.39, 0.29) is 0 Å². The van der Waals surface area contributed by atoms with Gasteiger partial charge in [0, 0.05) is 17.5 Å². The van der Waals surface area contributed by atoms with Gasteiger partial charge in [-0.15, -0.1) is 0 Å². The molecule has 2 aromatic carbocycles. The molecule has 0 radical (unpaired) electrons. The van der Waals surface area contributed by atoms with Crippen molar-refractivity contribution >= 4 is 5.71 Å². The molecule has 1 unspecified atom stereocenters. The van der Waals surface area contributed by atoms with Crippen LogP contribution in [0.5, 0.6) is 0 Å². The van der Waals surface area contributed by atoms with Crippen molar-refractivity contribution < 1.29 is 10.1 Å². The van der Waals surface area contributed by atoms with Crippen molar-refractivity contribution in [3.05, 3.63) is 71.8 Å². The lowest BCUT2D eigenvalue weighted by Crippen LogP contribution is -3.11. The highest BCUT2D eigenvalue weighted by Crippen LogP contribution is 2.34. The van der Waals surface area contributed by atoms with E-state index in [0.717, 1.165) is 18.6 Å². The molecule has 0 aromatic heterocycles. The molecule has 3 nitrogen and oxygen atoms in total. The van der Waals surface area contributed by atoms with E-state index in [1.807, 2.05) is 0 Å². The van der Waals surface area contributed by atoms with Crippen LogP contribution < -0.4 is 4.90 Å². The van der Waals surface area contributed by atoms with Gasteiger partial charge in [0.1, 0.15) is 12.1 Å². The Morgan fingerprint density at radius 2 is 1.58 bits per heavy atom. The van der Waals surface area contributed by atoms with E-state index in [9.17, 15) is 5.21 Å². The van der Waals surface area contributed by atoms with Gasteiger partial charge in [0.25, 0.3) is 0 Å². The van der Waals surface area contributed by atoms with Crippen LogP contribution in [-0.4, -0.2) is 18.0 Å². The van der Waals surface area contributed by atoms with Gasteiger partial charge in [-0.2, -0.15) is 0 Å². The molecule has 4 atom stereocenters. The molecule has 3 heteroatoms. The van der Waals surface area contributed by atoms with Crippen molar-refractivity contribution in [2.75, 3.05) is 7.05 Å². The Labute approximate surface area is 157 Å². The maximum absolute atomic E-state index is 9.81. The second-order valence-corrected chi connectivity index (χ2v) is 7.49. The quantitative estimate of drug-likeness (QED) is 0.451. The third-order valence-electron chi connectivity index (χ3n) is 5.89. The van der Waals surface area contributed by atoms with E-state index < -0.39 is 0 Å². The lowest BCUT2D eigenvalue weighted by molar-refractivity contribution is -0.949. The minimum absolute atomic E-state index is 0.300. The van der Waals surface area contributed by atoms with Crippen molar-refractivity contribution in [2.45, 2.75) is 51.1 Å². The highest BCUT2D eigenvalue weighted by atomic mass is 16.4. The monoisotopic (exact) mass is 351 g/mol. The van der Waals surface area contributed by atoms with Gasteiger partial charge >= 0.3 is 0 Å². The maximum atomic E-state index is 9.81. The average molecular weight is 352 g/mol. The smallest absolute Gasteiger partial charge is 0.122 e. The number of likely N-dealkylation sites (tertiary alicyclic amines) is 1. The topological polar surface area (TPSA) is 37.0 Å². The van der Waals surface area contributed by atoms with E-state index in [4.69, 9.17) is 0 Å².